The molecule has 3 heterocycles. The van der Waals surface area contributed by atoms with E-state index < -0.39 is 96.1 Å². The molecule has 7 atom stereocenters. The summed E-state index contributed by atoms with van der Waals surface area (Å²) in [6, 6.07) is 17.2. The quantitative estimate of drug-likeness (QED) is 0.0176. The van der Waals surface area contributed by atoms with E-state index in [0.717, 1.165) is 26.7 Å². The number of aryl methyl sites for hydroxylation is 1. The van der Waals surface area contributed by atoms with Gasteiger partial charge in [-0.15, -0.1) is 0 Å². The maximum atomic E-state index is 15.0. The Morgan fingerprint density at radius 2 is 1.26 bits per heavy atom. The van der Waals surface area contributed by atoms with E-state index >= 15 is 9.59 Å². The lowest BCUT2D eigenvalue weighted by Gasteiger charge is -2.31. The molecule has 0 unspecified atom stereocenters. The number of benzene rings is 4. The molecule has 4 aromatic carbocycles. The van der Waals surface area contributed by atoms with E-state index in [4.69, 9.17) is 11.5 Å². The van der Waals surface area contributed by atoms with Gasteiger partial charge in [0.15, 0.2) is 5.96 Å². The number of nitrogens with one attached hydrogen (secondary N) is 8. The largest absolute Gasteiger partial charge is 0.508 e. The first-order valence-corrected chi connectivity index (χ1v) is 29.4. The van der Waals surface area contributed by atoms with E-state index in [1.807, 2.05) is 62.4 Å². The van der Waals surface area contributed by atoms with Crippen LogP contribution in [0.5, 0.6) is 5.75 Å². The predicted octanol–water partition coefficient (Wildman–Crippen LogP) is 2.62. The highest BCUT2D eigenvalue weighted by molar-refractivity contribution is 5.99. The summed E-state index contributed by atoms with van der Waals surface area (Å²) in [5.74, 6) is -6.28. The molecule has 1 fully saturated rings. The minimum absolute atomic E-state index is 0.0294. The molecule has 6 aromatic rings. The topological polar surface area (TPSA) is 352 Å². The number of halogens is 1. The van der Waals surface area contributed by atoms with E-state index in [-0.39, 0.29) is 88.0 Å². The number of likely N-dealkylation sites (tertiary alicyclic amines) is 1. The van der Waals surface area contributed by atoms with Crippen LogP contribution >= 0.6 is 0 Å². The molecule has 0 radical (unpaired) electrons. The van der Waals surface area contributed by atoms with Crippen molar-refractivity contribution in [3.63, 3.8) is 0 Å². The fourth-order valence-corrected chi connectivity index (χ4v) is 10.8. The number of rotatable bonds is 30. The minimum Gasteiger partial charge on any atom is -0.508 e. The summed E-state index contributed by atoms with van der Waals surface area (Å²) in [4.78, 5) is 128. The number of carbonyl (C=O) groups excluding carboxylic acids is 8. The van der Waals surface area contributed by atoms with Crippen molar-refractivity contribution in [2.45, 2.75) is 127 Å². The molecule has 0 bridgehead atoms. The summed E-state index contributed by atoms with van der Waals surface area (Å²) in [5, 5.41) is 39.5. The third kappa shape index (κ3) is 18.1. The number of phenols is 1. The van der Waals surface area contributed by atoms with Crippen molar-refractivity contribution in [1.29, 1.82) is 0 Å². The summed E-state index contributed by atoms with van der Waals surface area (Å²) < 4.78 is 13.7. The number of aromatic hydroxyl groups is 1. The van der Waals surface area contributed by atoms with Gasteiger partial charge in [0.1, 0.15) is 53.9 Å². The molecule has 464 valence electrons. The number of aliphatic imine (C=N–C) groups is 1. The number of phenolic OH excluding ortho intramolecular Hbond substituents is 1. The molecule has 8 amide bonds. The molecule has 23 nitrogen and oxygen atoms in total. The minimum atomic E-state index is -1.64. The first-order valence-electron chi connectivity index (χ1n) is 29.4. The van der Waals surface area contributed by atoms with Gasteiger partial charge in [0.25, 0.3) is 0 Å². The van der Waals surface area contributed by atoms with E-state index in [2.05, 4.69) is 46.9 Å². The van der Waals surface area contributed by atoms with E-state index in [1.165, 1.54) is 48.3 Å². The number of likely N-dealkylation sites (N-methyl/N-ethyl adjacent to an activating group) is 2. The summed E-state index contributed by atoms with van der Waals surface area (Å²) in [6.45, 7) is 5.30. The van der Waals surface area contributed by atoms with Gasteiger partial charge in [-0.25, -0.2) is 4.39 Å². The number of hydrogen-bond donors (Lipinski definition) is 12. The van der Waals surface area contributed by atoms with Gasteiger partial charge in [-0.05, 0) is 110 Å². The number of aromatic amines is 2. The maximum absolute atomic E-state index is 15.0. The third-order valence-electron chi connectivity index (χ3n) is 15.4. The van der Waals surface area contributed by atoms with Crippen LogP contribution in [0, 0.1) is 11.7 Å². The number of aliphatic hydroxyl groups is 1. The van der Waals surface area contributed by atoms with Gasteiger partial charge in [0.2, 0.25) is 47.3 Å². The van der Waals surface area contributed by atoms with Crippen LogP contribution in [-0.4, -0.2) is 159 Å². The van der Waals surface area contributed by atoms with Gasteiger partial charge in [0.05, 0.1) is 6.61 Å². The normalized spacial score (nSPS) is 15.1. The Balaban J connectivity index is 1.15. The molecule has 1 aliphatic heterocycles. The Labute approximate surface area is 504 Å². The van der Waals surface area contributed by atoms with Gasteiger partial charge < -0.3 is 73.3 Å². The van der Waals surface area contributed by atoms with Crippen LogP contribution in [0.15, 0.2) is 114 Å². The first kappa shape index (κ1) is 65.2. The van der Waals surface area contributed by atoms with Crippen LogP contribution in [0.25, 0.3) is 21.8 Å². The molecule has 14 N–H and O–H groups in total. The molecule has 2 aromatic heterocycles. The molecule has 24 heteroatoms. The number of guanidine groups is 1. The first-order chi connectivity index (χ1) is 41.7. The fraction of sp³-hybridized carbons (Fsp3) is 0.413. The number of carbonyl (C=O) groups is 8. The molecule has 7 rings (SSSR count). The number of nitrogens with zero attached hydrogens (tertiary/aromatic N) is 3. The number of H-pyrrole nitrogens is 2. The fourth-order valence-electron chi connectivity index (χ4n) is 10.8. The molecule has 1 aliphatic rings. The number of fused-ring (bicyclic) bond motifs is 2. The van der Waals surface area contributed by atoms with Crippen LogP contribution in [0.1, 0.15) is 81.5 Å². The Bertz CT molecular complexity index is 3380. The number of hydrogen-bond acceptors (Lipinski definition) is 11. The van der Waals surface area contributed by atoms with Crippen LogP contribution in [0.2, 0.25) is 0 Å². The van der Waals surface area contributed by atoms with Gasteiger partial charge in [-0.3, -0.25) is 43.3 Å². The van der Waals surface area contributed by atoms with Crippen LogP contribution < -0.4 is 43.4 Å². The zero-order valence-corrected chi connectivity index (χ0v) is 49.4. The molecule has 0 aliphatic carbocycles. The van der Waals surface area contributed by atoms with Gasteiger partial charge in [-0.1, -0.05) is 74.5 Å². The Morgan fingerprint density at radius 1 is 0.713 bits per heavy atom. The van der Waals surface area contributed by atoms with Crippen molar-refractivity contribution >= 4 is 75.0 Å². The number of aliphatic hydroxyl groups excluding tert-OH is 1. The monoisotopic (exact) mass is 1200 g/mol. The molecule has 0 spiro atoms. The van der Waals surface area contributed by atoms with Gasteiger partial charge >= 0.3 is 0 Å². The lowest BCUT2D eigenvalue weighted by molar-refractivity contribution is -0.144. The highest BCUT2D eigenvalue weighted by Gasteiger charge is 2.40. The van der Waals surface area contributed by atoms with E-state index in [0.29, 0.717) is 41.6 Å². The van der Waals surface area contributed by atoms with Crippen molar-refractivity contribution in [3.8, 4) is 5.75 Å². The van der Waals surface area contributed by atoms with Gasteiger partial charge in [0, 0.05) is 86.6 Å². The van der Waals surface area contributed by atoms with E-state index in [9.17, 15) is 43.4 Å². The van der Waals surface area contributed by atoms with Crippen LogP contribution in [-0.2, 0) is 64.0 Å². The molecule has 87 heavy (non-hydrogen) atoms. The van der Waals surface area contributed by atoms with Crippen molar-refractivity contribution in [2.24, 2.45) is 22.4 Å². The summed E-state index contributed by atoms with van der Waals surface area (Å²) in [5.41, 5.74) is 15.1. The molecule has 1 saturated heterocycles. The van der Waals surface area contributed by atoms with E-state index in [1.54, 1.807) is 31.5 Å². The van der Waals surface area contributed by atoms with Crippen molar-refractivity contribution in [3.05, 3.63) is 138 Å². The second-order valence-electron chi connectivity index (χ2n) is 22.3. The molecular weight excluding hydrogens is 1120 g/mol. The Hall–Kier alpha value is -9.32. The average molecular weight is 1200 g/mol. The number of nitrogens with two attached hydrogens (primary N) is 2. The summed E-state index contributed by atoms with van der Waals surface area (Å²) >= 11 is 0. The van der Waals surface area contributed by atoms with Crippen LogP contribution in [0.4, 0.5) is 4.39 Å². The second kappa shape index (κ2) is 31.2. The molecule has 0 saturated carbocycles. The van der Waals surface area contributed by atoms with Crippen molar-refractivity contribution in [1.82, 2.24) is 51.7 Å². The highest BCUT2D eigenvalue weighted by atomic mass is 19.1. The van der Waals surface area contributed by atoms with Gasteiger partial charge in [-0.2, -0.15) is 0 Å². The average Bonchev–Trinajstić information content (AvgIpc) is 2.72. The molecular formula is C63H80FN13O10. The third-order valence-corrected chi connectivity index (χ3v) is 15.4. The zero-order chi connectivity index (χ0) is 62.7. The second-order valence-corrected chi connectivity index (χ2v) is 22.3. The maximum Gasteiger partial charge on any atom is 0.245 e. The van der Waals surface area contributed by atoms with Crippen molar-refractivity contribution < 1.29 is 53.0 Å². The summed E-state index contributed by atoms with van der Waals surface area (Å²) in [7, 11) is 1.29. The zero-order valence-electron chi connectivity index (χ0n) is 49.4. The predicted molar refractivity (Wildman–Crippen MR) is 327 cm³/mol. The standard InChI is InChI=1S/C63H80FN13O10/c1-5-67-59(84)53-17-11-29-77(53)62(87)48(16-10-28-68-63(65)66)72-56(81)49(30-37(2)3)73-58(83)51(32-40-34-69-46-14-8-6-12-44(40)46)74-57(82)50(31-39-20-25-43(79)26-21-39)75-60(85)54(36-78)76(4)61(86)52(33-41-35-70-47-15-9-7-13-45(41)47)71-55(80)27-22-38-18-23-42(64)24-19-38/h6-9,12-15,18-21,23-26,34-35,37,48-54,69-70,78-79H,5,10-11,16-17,22,27-33,36H2,1-4H3,(H,67,84)(H,71,80)(H,72,81)(H,73,83)(H,74,82)(H,75,85)(H4,65,66,68)/t48-,49-,50-,51+,52+,53-,54-/m0/s1. The number of aromatic nitrogens is 2. The number of para-hydroxylation sites is 2. The van der Waals surface area contributed by atoms with Crippen LogP contribution in [0.3, 0.4) is 0 Å². The Morgan fingerprint density at radius 3 is 1.86 bits per heavy atom. The highest BCUT2D eigenvalue weighted by Crippen LogP contribution is 2.24. The SMILES string of the molecule is CCNC(=O)[C@@H]1CCCN1C(=O)[C@H](CCCN=C(N)N)NC(=O)[C@H](CC(C)C)NC(=O)[C@@H](Cc1c[nH]c2ccccc12)NC(=O)[C@H](Cc1ccc(O)cc1)NC(=O)[C@H](CO)N(C)C(=O)[C@@H](Cc1c[nH]c2ccccc12)NC(=O)CCc1ccc(F)cc1. The number of amides is 8. The Kier molecular flexibility index (Phi) is 23.4. The lowest BCUT2D eigenvalue weighted by Crippen LogP contribution is -2.61. The summed E-state index contributed by atoms with van der Waals surface area (Å²) in [6.07, 6.45) is 4.60. The lowest BCUT2D eigenvalue weighted by atomic mass is 9.99. The van der Waals surface area contributed by atoms with Crippen molar-refractivity contribution in [2.75, 3.05) is 33.3 Å². The smallest absolute Gasteiger partial charge is 0.245 e.